The van der Waals surface area contributed by atoms with Crippen molar-refractivity contribution < 1.29 is 22.5 Å². The molecule has 1 atom stereocenters. The molecule has 0 spiro atoms. The van der Waals surface area contributed by atoms with Crippen LogP contribution in [0.3, 0.4) is 0 Å². The average Bonchev–Trinajstić information content (AvgIpc) is 2.59. The first-order chi connectivity index (χ1) is 11.9. The molecule has 1 N–H and O–H groups in total. The maximum absolute atomic E-state index is 12.3. The molecule has 0 fully saturated rings. The Kier molecular flexibility index (Phi) is 14.3. The van der Waals surface area contributed by atoms with Crippen LogP contribution in [-0.2, 0) is 17.4 Å². The molecule has 146 valence electrons. The summed E-state index contributed by atoms with van der Waals surface area (Å²) in [6, 6.07) is 0. The van der Waals surface area contributed by atoms with Crippen LogP contribution in [0.25, 0.3) is 0 Å². The third kappa shape index (κ3) is 12.4. The molecule has 0 bridgehead atoms. The van der Waals surface area contributed by atoms with Crippen molar-refractivity contribution in [3.8, 4) is 0 Å². The van der Waals surface area contributed by atoms with Gasteiger partial charge in [0.2, 0.25) is 0 Å². The summed E-state index contributed by atoms with van der Waals surface area (Å²) < 4.78 is 14.1. The molecule has 6 heteroatoms. The first-order valence-corrected chi connectivity index (χ1v) is 16.9. The molecular formula is C19H36O5Sn. The summed E-state index contributed by atoms with van der Waals surface area (Å²) in [7, 11) is 0. The van der Waals surface area contributed by atoms with Gasteiger partial charge in [0.1, 0.15) is 0 Å². The van der Waals surface area contributed by atoms with Crippen LogP contribution in [0.4, 0.5) is 0 Å². The molecule has 1 unspecified atom stereocenters. The van der Waals surface area contributed by atoms with Crippen LogP contribution in [0.1, 0.15) is 66.2 Å². The summed E-state index contributed by atoms with van der Waals surface area (Å²) >= 11 is -2.99. The van der Waals surface area contributed by atoms with Crippen molar-refractivity contribution in [3.63, 3.8) is 0 Å². The normalized spacial score (nSPS) is 13.0. The fourth-order valence-corrected chi connectivity index (χ4v) is 15.6. The van der Waals surface area contributed by atoms with E-state index in [2.05, 4.69) is 20.8 Å². The van der Waals surface area contributed by atoms with Gasteiger partial charge in [-0.2, -0.15) is 0 Å². The summed E-state index contributed by atoms with van der Waals surface area (Å²) in [5, 5.41) is 9.09. The van der Waals surface area contributed by atoms with E-state index >= 15 is 0 Å². The summed E-state index contributed by atoms with van der Waals surface area (Å²) in [4.78, 5) is 23.8. The number of aliphatic hydroxyl groups excluding tert-OH is 1. The molecule has 0 heterocycles. The van der Waals surface area contributed by atoms with Crippen molar-refractivity contribution in [2.24, 2.45) is 0 Å². The third-order valence-electron chi connectivity index (χ3n) is 4.10. The topological polar surface area (TPSA) is 72.8 Å². The second-order valence-electron chi connectivity index (χ2n) is 6.73. The van der Waals surface area contributed by atoms with Gasteiger partial charge in [-0.1, -0.05) is 0 Å². The number of rotatable bonds is 14. The summed E-state index contributed by atoms with van der Waals surface area (Å²) in [5.41, 5.74) is 0. The number of esters is 1. The zero-order valence-corrected chi connectivity index (χ0v) is 19.2. The van der Waals surface area contributed by atoms with Crippen molar-refractivity contribution in [1.82, 2.24) is 0 Å². The van der Waals surface area contributed by atoms with Crippen molar-refractivity contribution in [3.05, 3.63) is 12.2 Å². The van der Waals surface area contributed by atoms with Crippen molar-refractivity contribution >= 4 is 30.7 Å². The summed E-state index contributed by atoms with van der Waals surface area (Å²) in [6.45, 7) is 7.94. The number of hydrogen-bond donors (Lipinski definition) is 1. The molecule has 0 aliphatic carbocycles. The van der Waals surface area contributed by atoms with Crippen LogP contribution in [0.5, 0.6) is 0 Å². The molecular weight excluding hydrogens is 427 g/mol. The maximum atomic E-state index is 12.3. The minimum absolute atomic E-state index is 0.0785. The van der Waals surface area contributed by atoms with E-state index in [1.165, 1.54) is 13.0 Å². The fraction of sp³-hybridized carbons (Fsp3) is 0.789. The van der Waals surface area contributed by atoms with Crippen LogP contribution in [0, 0.1) is 0 Å². The van der Waals surface area contributed by atoms with Gasteiger partial charge in [0, 0.05) is 0 Å². The molecule has 0 aromatic rings. The molecule has 5 nitrogen and oxygen atoms in total. The fourth-order valence-electron chi connectivity index (χ4n) is 2.66. The van der Waals surface area contributed by atoms with Gasteiger partial charge in [-0.25, -0.2) is 0 Å². The van der Waals surface area contributed by atoms with Crippen molar-refractivity contribution in [2.75, 3.05) is 6.61 Å². The van der Waals surface area contributed by atoms with E-state index in [0.717, 1.165) is 57.9 Å². The second-order valence-corrected chi connectivity index (χ2v) is 18.3. The Morgan fingerprint density at radius 2 is 1.36 bits per heavy atom. The molecule has 0 aromatic carbocycles. The number of aliphatic hydroxyl groups is 1. The Balaban J connectivity index is 4.87. The Labute approximate surface area is 157 Å². The average molecular weight is 463 g/mol. The van der Waals surface area contributed by atoms with Gasteiger partial charge >= 0.3 is 158 Å². The SMILES string of the molecule is CCC[CH2][Sn]([CH2]CCC)([CH2]CCC)[O]C(=O)/C=C/C(=O)OCC(C)O. The van der Waals surface area contributed by atoms with Crippen molar-refractivity contribution in [1.29, 1.82) is 0 Å². The van der Waals surface area contributed by atoms with Crippen LogP contribution < -0.4 is 0 Å². The Hall–Kier alpha value is -0.561. The first-order valence-electron chi connectivity index (χ1n) is 9.65. The molecule has 0 aromatic heterocycles. The molecule has 0 rings (SSSR count). The number of carbonyl (C=O) groups excluding carboxylic acids is 2. The van der Waals surface area contributed by atoms with Gasteiger partial charge in [0.25, 0.3) is 0 Å². The quantitative estimate of drug-likeness (QED) is 0.236. The van der Waals surface area contributed by atoms with Crippen LogP contribution in [0.15, 0.2) is 12.2 Å². The number of hydrogen-bond acceptors (Lipinski definition) is 5. The summed E-state index contributed by atoms with van der Waals surface area (Å²) in [5.74, 6) is -1.04. The van der Waals surface area contributed by atoms with Gasteiger partial charge in [0.15, 0.2) is 0 Å². The third-order valence-corrected chi connectivity index (χ3v) is 16.7. The zero-order chi connectivity index (χ0) is 19.1. The number of ether oxygens (including phenoxy) is 1. The van der Waals surface area contributed by atoms with E-state index in [9.17, 15) is 9.59 Å². The first kappa shape index (κ1) is 24.4. The van der Waals surface area contributed by atoms with E-state index < -0.39 is 36.8 Å². The van der Waals surface area contributed by atoms with E-state index in [4.69, 9.17) is 12.9 Å². The van der Waals surface area contributed by atoms with Gasteiger partial charge < -0.3 is 0 Å². The molecule has 25 heavy (non-hydrogen) atoms. The van der Waals surface area contributed by atoms with Crippen molar-refractivity contribution in [2.45, 2.75) is 85.6 Å². The number of unbranched alkanes of at least 4 members (excludes halogenated alkanes) is 3. The van der Waals surface area contributed by atoms with E-state index in [1.54, 1.807) is 0 Å². The molecule has 0 amide bonds. The minimum atomic E-state index is -2.99. The van der Waals surface area contributed by atoms with Crippen LogP contribution >= 0.6 is 0 Å². The van der Waals surface area contributed by atoms with E-state index in [-0.39, 0.29) is 6.61 Å². The van der Waals surface area contributed by atoms with Crippen LogP contribution in [-0.4, -0.2) is 48.5 Å². The molecule has 0 saturated heterocycles. The number of carbonyl (C=O) groups is 2. The van der Waals surface area contributed by atoms with Gasteiger partial charge in [-0.05, 0) is 0 Å². The van der Waals surface area contributed by atoms with Gasteiger partial charge in [-0.15, -0.1) is 0 Å². The van der Waals surface area contributed by atoms with Gasteiger partial charge in [0.05, 0.1) is 0 Å². The van der Waals surface area contributed by atoms with E-state index in [0.29, 0.717) is 0 Å². The monoisotopic (exact) mass is 464 g/mol. The van der Waals surface area contributed by atoms with E-state index in [1.807, 2.05) is 0 Å². The molecule has 0 aliphatic rings. The second kappa shape index (κ2) is 14.6. The Bertz CT molecular complexity index is 385. The predicted octanol–water partition coefficient (Wildman–Crippen LogP) is 4.36. The molecule has 0 aliphatic heterocycles. The molecule has 0 radical (unpaired) electrons. The van der Waals surface area contributed by atoms with Crippen LogP contribution in [0.2, 0.25) is 13.3 Å². The summed E-state index contributed by atoms with van der Waals surface area (Å²) in [6.07, 6.45) is 8.21. The Morgan fingerprint density at radius 3 is 1.76 bits per heavy atom. The zero-order valence-electron chi connectivity index (χ0n) is 16.4. The van der Waals surface area contributed by atoms with Gasteiger partial charge in [-0.3, -0.25) is 0 Å². The Morgan fingerprint density at radius 1 is 0.920 bits per heavy atom. The molecule has 0 saturated carbocycles. The predicted molar refractivity (Wildman–Crippen MR) is 103 cm³/mol. The standard InChI is InChI=1S/C7H10O5.3C4H9.Sn/c1-5(8)4-12-7(11)3-2-6(9)10;3*1-3-4-2;/h2-3,5,8H,4H2,1H3,(H,9,10);3*1,3-4H2,2H3;/q;;;;+1/p-1/b3-2+;;;;.